The van der Waals surface area contributed by atoms with Gasteiger partial charge in [-0.2, -0.15) is 0 Å². The largest absolute Gasteiger partial charge is 0.0724 e. The Kier molecular flexibility index (Phi) is 10.9. The summed E-state index contributed by atoms with van der Waals surface area (Å²) in [5.74, 6) is 0. The van der Waals surface area contributed by atoms with E-state index in [2.05, 4.69) is 65.5 Å². The van der Waals surface area contributed by atoms with Crippen LogP contribution in [0.5, 0.6) is 0 Å². The second kappa shape index (κ2) is 10.3. The first kappa shape index (κ1) is 23.3. The van der Waals surface area contributed by atoms with Gasteiger partial charge < -0.3 is 0 Å². The third-order valence-electron chi connectivity index (χ3n) is 4.94. The molecule has 0 spiro atoms. The van der Waals surface area contributed by atoms with Crippen molar-refractivity contribution in [3.05, 3.63) is 0 Å². The fraction of sp³-hybridized carbons (Fsp3) is 1.00. The average molecular weight is 407 g/mol. The van der Waals surface area contributed by atoms with Crippen molar-refractivity contribution >= 4 is 51.3 Å². The minimum Gasteiger partial charge on any atom is -0.0724 e. The molecular weight excluding hydrogens is 361 g/mol. The van der Waals surface area contributed by atoms with Gasteiger partial charge in [0.25, 0.3) is 0 Å². The summed E-state index contributed by atoms with van der Waals surface area (Å²) in [4.78, 5) is 0. The molecule has 0 amide bonds. The molecule has 0 aliphatic rings. The van der Waals surface area contributed by atoms with Gasteiger partial charge in [-0.15, -0.1) is 0 Å². The van der Waals surface area contributed by atoms with Gasteiger partial charge in [-0.25, -0.2) is 0 Å². The topological polar surface area (TPSA) is 0 Å². The van der Waals surface area contributed by atoms with Crippen LogP contribution in [-0.4, -0.2) is 51.3 Å². The molecule has 0 rings (SSSR count). The third kappa shape index (κ3) is 11.0. The normalized spacial score (nSPS) is 13.9. The molecule has 134 valence electrons. The Morgan fingerprint density at radius 1 is 0.455 bits per heavy atom. The molecule has 0 N–H and O–H groups in total. The van der Waals surface area contributed by atoms with Crippen molar-refractivity contribution in [1.29, 1.82) is 0 Å². The van der Waals surface area contributed by atoms with Crippen molar-refractivity contribution in [2.45, 2.75) is 100 Å². The van der Waals surface area contributed by atoms with Crippen LogP contribution >= 0.6 is 0 Å². The van der Waals surface area contributed by atoms with E-state index >= 15 is 0 Å². The Morgan fingerprint density at radius 2 is 0.636 bits per heavy atom. The fourth-order valence-corrected chi connectivity index (χ4v) is 49.1. The molecule has 0 radical (unpaired) electrons. The molecule has 0 nitrogen and oxygen atoms in total. The van der Waals surface area contributed by atoms with Crippen molar-refractivity contribution in [3.63, 3.8) is 0 Å². The lowest BCUT2D eigenvalue weighted by Crippen LogP contribution is -2.43. The Labute approximate surface area is 151 Å². The Hall–Kier alpha value is 1.30. The van der Waals surface area contributed by atoms with Crippen LogP contribution in [0.15, 0.2) is 0 Å². The first-order chi connectivity index (χ1) is 9.87. The summed E-state index contributed by atoms with van der Waals surface area (Å²) in [6.07, 6.45) is 0. The second-order valence-corrected chi connectivity index (χ2v) is 36.4. The van der Waals surface area contributed by atoms with E-state index in [0.29, 0.717) is 0 Å². The SMILES string of the molecule is C[SiH](C)C[Si](C)(CC[Si](C)(C[SiH](C)C)C[SiH](C)C)C[SiH](C)C. The minimum atomic E-state index is -0.898. The number of hydrogen-bond acceptors (Lipinski definition) is 0. The molecular formula is C16H46Si6. The van der Waals surface area contributed by atoms with Crippen molar-refractivity contribution in [2.75, 3.05) is 0 Å². The zero-order chi connectivity index (χ0) is 17.6. The molecule has 0 saturated carbocycles. The van der Waals surface area contributed by atoms with Gasteiger partial charge in [-0.1, -0.05) is 100 Å². The molecule has 0 aromatic rings. The maximum Gasteiger partial charge on any atom is 0.0444 e. The van der Waals surface area contributed by atoms with Crippen LogP contribution in [0.1, 0.15) is 0 Å². The molecule has 0 fully saturated rings. The fourth-order valence-electron chi connectivity index (χ4n) is 5.12. The summed E-state index contributed by atoms with van der Waals surface area (Å²) in [7, 11) is -3.32. The van der Waals surface area contributed by atoms with E-state index in [0.717, 1.165) is 0 Å². The van der Waals surface area contributed by atoms with Gasteiger partial charge in [0.1, 0.15) is 0 Å². The van der Waals surface area contributed by atoms with Gasteiger partial charge in [-0.05, 0) is 0 Å². The lowest BCUT2D eigenvalue weighted by molar-refractivity contribution is 1.22. The van der Waals surface area contributed by atoms with Crippen molar-refractivity contribution in [1.82, 2.24) is 0 Å². The molecule has 0 atom stereocenters. The van der Waals surface area contributed by atoms with Gasteiger partial charge in [0, 0.05) is 51.3 Å². The highest BCUT2D eigenvalue weighted by atomic mass is 28.4. The van der Waals surface area contributed by atoms with Crippen LogP contribution in [0, 0.1) is 0 Å². The Morgan fingerprint density at radius 3 is 0.773 bits per heavy atom. The van der Waals surface area contributed by atoms with Crippen LogP contribution in [0.2, 0.25) is 100 Å². The summed E-state index contributed by atoms with van der Waals surface area (Å²) < 4.78 is 0. The van der Waals surface area contributed by atoms with E-state index in [1.54, 1.807) is 34.8 Å². The van der Waals surface area contributed by atoms with E-state index in [1.807, 2.05) is 0 Å². The molecule has 0 bridgehead atoms. The summed E-state index contributed by atoms with van der Waals surface area (Å²) >= 11 is 0. The molecule has 6 heteroatoms. The smallest absolute Gasteiger partial charge is 0.0444 e. The van der Waals surface area contributed by atoms with Crippen molar-refractivity contribution in [2.24, 2.45) is 0 Å². The van der Waals surface area contributed by atoms with Crippen LogP contribution in [0.3, 0.4) is 0 Å². The minimum absolute atomic E-state index is 0.381. The van der Waals surface area contributed by atoms with Crippen molar-refractivity contribution in [3.8, 4) is 0 Å². The molecule has 0 aliphatic carbocycles. The maximum atomic E-state index is 2.81. The molecule has 0 unspecified atom stereocenters. The maximum absolute atomic E-state index is 2.81. The molecule has 22 heavy (non-hydrogen) atoms. The third-order valence-corrected chi connectivity index (χ3v) is 37.2. The number of rotatable bonds is 11. The lowest BCUT2D eigenvalue weighted by atomic mass is 10.9. The van der Waals surface area contributed by atoms with E-state index in [4.69, 9.17) is 0 Å². The standard InChI is InChI=1S/C16H46Si6/c1-17(2)13-21(9,14-18(3)4)11-12-22(10,15-19(5)6)16-20(7)8/h17-20H,11-16H2,1-10H3. The molecule has 0 saturated heterocycles. The summed E-state index contributed by atoms with van der Waals surface area (Å²) in [6, 6.07) is 3.43. The summed E-state index contributed by atoms with van der Waals surface area (Å²) in [6.45, 7) is 26.4. The Bertz CT molecular complexity index is 251. The first-order valence-electron chi connectivity index (χ1n) is 9.87. The number of hydrogen-bond donors (Lipinski definition) is 0. The monoisotopic (exact) mass is 406 g/mol. The lowest BCUT2D eigenvalue weighted by Gasteiger charge is -2.37. The average Bonchev–Trinajstić information content (AvgIpc) is 2.21. The van der Waals surface area contributed by atoms with Crippen LogP contribution < -0.4 is 0 Å². The highest BCUT2D eigenvalue weighted by molar-refractivity contribution is 6.98. The summed E-state index contributed by atoms with van der Waals surface area (Å²) in [5.41, 5.74) is 6.95. The first-order valence-corrected chi connectivity index (χ1v) is 28.6. The molecule has 0 heterocycles. The predicted molar refractivity (Wildman–Crippen MR) is 128 cm³/mol. The van der Waals surface area contributed by atoms with Crippen LogP contribution in [0.4, 0.5) is 0 Å². The summed E-state index contributed by atoms with van der Waals surface area (Å²) in [5, 5.41) is 0. The molecule has 0 aromatic heterocycles. The van der Waals surface area contributed by atoms with Crippen molar-refractivity contribution < 1.29 is 0 Å². The molecule has 0 aliphatic heterocycles. The van der Waals surface area contributed by atoms with E-state index in [-0.39, 0.29) is 35.2 Å². The molecule has 0 aromatic carbocycles. The van der Waals surface area contributed by atoms with Crippen LogP contribution in [-0.2, 0) is 0 Å². The van der Waals surface area contributed by atoms with E-state index in [9.17, 15) is 0 Å². The predicted octanol–water partition coefficient (Wildman–Crippen LogP) is 5.25. The zero-order valence-electron chi connectivity index (χ0n) is 17.6. The highest BCUT2D eigenvalue weighted by Gasteiger charge is 2.35. The van der Waals surface area contributed by atoms with E-state index in [1.165, 1.54) is 0 Å². The van der Waals surface area contributed by atoms with Gasteiger partial charge in [0.2, 0.25) is 0 Å². The second-order valence-electron chi connectivity index (χ2n) is 10.5. The quantitative estimate of drug-likeness (QED) is 0.411. The van der Waals surface area contributed by atoms with Crippen LogP contribution in [0.25, 0.3) is 0 Å². The van der Waals surface area contributed by atoms with E-state index < -0.39 is 16.1 Å². The van der Waals surface area contributed by atoms with Gasteiger partial charge >= 0.3 is 0 Å². The van der Waals surface area contributed by atoms with Gasteiger partial charge in [0.05, 0.1) is 0 Å². The highest BCUT2D eigenvalue weighted by Crippen LogP contribution is 2.33. The van der Waals surface area contributed by atoms with Gasteiger partial charge in [0.15, 0.2) is 0 Å². The zero-order valence-corrected chi connectivity index (χ0v) is 24.2. The Balaban J connectivity index is 4.93. The van der Waals surface area contributed by atoms with Gasteiger partial charge in [-0.3, -0.25) is 0 Å².